The molecule has 0 unspecified atom stereocenters. The highest BCUT2D eigenvalue weighted by Crippen LogP contribution is 2.31. The van der Waals surface area contributed by atoms with Gasteiger partial charge in [-0.15, -0.1) is 13.2 Å². The maximum absolute atomic E-state index is 12.3. The molecule has 1 aromatic rings. The van der Waals surface area contributed by atoms with Crippen LogP contribution in [0.2, 0.25) is 5.02 Å². The Morgan fingerprint density at radius 1 is 1.12 bits per heavy atom. The highest BCUT2D eigenvalue weighted by atomic mass is 35.5. The second-order valence-corrected chi connectivity index (χ2v) is 7.39. The van der Waals surface area contributed by atoms with Crippen molar-refractivity contribution in [2.24, 2.45) is 0 Å². The number of nitrogens with zero attached hydrogens (tertiary/aromatic N) is 1. The first-order chi connectivity index (χ1) is 11.9. The van der Waals surface area contributed by atoms with E-state index in [4.69, 9.17) is 21.1 Å². The lowest BCUT2D eigenvalue weighted by atomic mass is 10.1. The number of hydrogen-bond donors (Lipinski definition) is 0. The molecule has 1 amide bonds. The van der Waals surface area contributed by atoms with Gasteiger partial charge in [0.25, 0.3) is 0 Å². The third-order valence-electron chi connectivity index (χ3n) is 3.47. The Bertz CT molecular complexity index is 638. The number of alkyl halides is 3. The van der Waals surface area contributed by atoms with E-state index in [9.17, 15) is 18.0 Å². The highest BCUT2D eigenvalue weighted by molar-refractivity contribution is 6.30. The lowest BCUT2D eigenvalue weighted by Crippen LogP contribution is -2.44. The number of carbonyl (C=O) groups is 1. The molecule has 0 atom stereocenters. The van der Waals surface area contributed by atoms with E-state index in [-0.39, 0.29) is 23.0 Å². The molecule has 1 heterocycles. The number of piperidine rings is 1. The summed E-state index contributed by atoms with van der Waals surface area (Å²) < 4.78 is 51.9. The predicted molar refractivity (Wildman–Crippen MR) is 89.6 cm³/mol. The van der Waals surface area contributed by atoms with Gasteiger partial charge < -0.3 is 19.1 Å². The van der Waals surface area contributed by atoms with Gasteiger partial charge in [-0.3, -0.25) is 0 Å². The van der Waals surface area contributed by atoms with Crippen LogP contribution in [0.1, 0.15) is 33.6 Å². The fraction of sp³-hybridized carbons (Fsp3) is 0.588. The van der Waals surface area contributed by atoms with Crippen LogP contribution in [0.5, 0.6) is 11.5 Å². The number of halogens is 4. The number of carbonyl (C=O) groups excluding carboxylic acids is 1. The zero-order chi connectivity index (χ0) is 19.5. The van der Waals surface area contributed by atoms with Crippen molar-refractivity contribution < 1.29 is 32.2 Å². The predicted octanol–water partition coefficient (Wildman–Crippen LogP) is 5.02. The van der Waals surface area contributed by atoms with Crippen molar-refractivity contribution in [3.8, 4) is 11.5 Å². The first kappa shape index (κ1) is 20.5. The monoisotopic (exact) mass is 395 g/mol. The van der Waals surface area contributed by atoms with Gasteiger partial charge in [0.15, 0.2) is 0 Å². The van der Waals surface area contributed by atoms with Crippen LogP contribution in [-0.4, -0.2) is 42.2 Å². The second kappa shape index (κ2) is 7.82. The maximum atomic E-state index is 12.3. The number of amides is 1. The summed E-state index contributed by atoms with van der Waals surface area (Å²) >= 11 is 5.83. The minimum absolute atomic E-state index is 0.0768. The van der Waals surface area contributed by atoms with Gasteiger partial charge in [-0.05, 0) is 32.9 Å². The van der Waals surface area contributed by atoms with Gasteiger partial charge in [0.05, 0.1) is 0 Å². The summed E-state index contributed by atoms with van der Waals surface area (Å²) in [5.41, 5.74) is -0.569. The number of ether oxygens (including phenoxy) is 3. The molecule has 0 aromatic heterocycles. The second-order valence-electron chi connectivity index (χ2n) is 6.96. The summed E-state index contributed by atoms with van der Waals surface area (Å²) in [6.45, 7) is 6.25. The van der Waals surface area contributed by atoms with E-state index in [0.717, 1.165) is 12.1 Å². The molecule has 1 aromatic carbocycles. The average molecular weight is 396 g/mol. The van der Waals surface area contributed by atoms with Crippen LogP contribution in [0.3, 0.4) is 0 Å². The Balaban J connectivity index is 1.92. The van der Waals surface area contributed by atoms with E-state index in [0.29, 0.717) is 25.9 Å². The summed E-state index contributed by atoms with van der Waals surface area (Å²) in [6.07, 6.45) is -4.38. The molecular formula is C17H21ClF3NO4. The minimum Gasteiger partial charge on any atom is -0.490 e. The van der Waals surface area contributed by atoms with Crippen molar-refractivity contribution in [2.75, 3.05) is 13.1 Å². The fourth-order valence-corrected chi connectivity index (χ4v) is 2.69. The molecule has 0 radical (unpaired) electrons. The van der Waals surface area contributed by atoms with Crippen LogP contribution in [0.15, 0.2) is 18.2 Å². The van der Waals surface area contributed by atoms with Crippen molar-refractivity contribution in [1.82, 2.24) is 4.90 Å². The van der Waals surface area contributed by atoms with Gasteiger partial charge in [-0.25, -0.2) is 4.79 Å². The molecule has 26 heavy (non-hydrogen) atoms. The molecule has 1 saturated heterocycles. The van der Waals surface area contributed by atoms with E-state index in [2.05, 4.69) is 4.74 Å². The van der Waals surface area contributed by atoms with Crippen LogP contribution >= 0.6 is 11.6 Å². The maximum Gasteiger partial charge on any atom is 0.573 e. The summed E-state index contributed by atoms with van der Waals surface area (Å²) in [6, 6.07) is 3.62. The van der Waals surface area contributed by atoms with Gasteiger partial charge in [0.1, 0.15) is 23.2 Å². The zero-order valence-corrected chi connectivity index (χ0v) is 15.5. The van der Waals surface area contributed by atoms with E-state index >= 15 is 0 Å². The molecular weight excluding hydrogens is 375 g/mol. The highest BCUT2D eigenvalue weighted by Gasteiger charge is 2.32. The molecule has 9 heteroatoms. The van der Waals surface area contributed by atoms with E-state index in [1.54, 1.807) is 25.7 Å². The normalized spacial score (nSPS) is 16.3. The van der Waals surface area contributed by atoms with Gasteiger partial charge >= 0.3 is 12.5 Å². The molecule has 0 saturated carbocycles. The summed E-state index contributed by atoms with van der Waals surface area (Å²) in [5.74, 6) is -0.251. The third kappa shape index (κ3) is 6.82. The van der Waals surface area contributed by atoms with Crippen molar-refractivity contribution in [1.29, 1.82) is 0 Å². The molecule has 1 aliphatic rings. The van der Waals surface area contributed by atoms with Crippen LogP contribution in [-0.2, 0) is 4.74 Å². The van der Waals surface area contributed by atoms with Gasteiger partial charge in [0.2, 0.25) is 0 Å². The third-order valence-corrected chi connectivity index (χ3v) is 3.69. The lowest BCUT2D eigenvalue weighted by molar-refractivity contribution is -0.274. The smallest absolute Gasteiger partial charge is 0.490 e. The lowest BCUT2D eigenvalue weighted by Gasteiger charge is -2.33. The number of rotatable bonds is 3. The van der Waals surface area contributed by atoms with Crippen molar-refractivity contribution in [3.63, 3.8) is 0 Å². The Kier molecular flexibility index (Phi) is 6.16. The average Bonchev–Trinajstić information content (AvgIpc) is 2.43. The van der Waals surface area contributed by atoms with Crippen molar-refractivity contribution in [2.45, 2.75) is 51.7 Å². The Morgan fingerprint density at radius 2 is 1.69 bits per heavy atom. The minimum atomic E-state index is -4.80. The molecule has 1 fully saturated rings. The Morgan fingerprint density at radius 3 is 2.23 bits per heavy atom. The Labute approximate surface area is 155 Å². The molecule has 1 aliphatic heterocycles. The molecule has 0 bridgehead atoms. The van der Waals surface area contributed by atoms with Gasteiger partial charge in [-0.1, -0.05) is 11.6 Å². The number of likely N-dealkylation sites (tertiary alicyclic amines) is 1. The molecule has 0 N–H and O–H groups in total. The summed E-state index contributed by atoms with van der Waals surface area (Å²) in [7, 11) is 0. The first-order valence-corrected chi connectivity index (χ1v) is 8.50. The molecule has 146 valence electrons. The topological polar surface area (TPSA) is 48.0 Å². The SMILES string of the molecule is CC(C)(C)OC(=O)N1CCC(Oc2cc(Cl)cc(OC(F)(F)F)c2)CC1. The van der Waals surface area contributed by atoms with Crippen molar-refractivity contribution >= 4 is 17.7 Å². The number of hydrogen-bond acceptors (Lipinski definition) is 4. The van der Waals surface area contributed by atoms with E-state index in [1.807, 2.05) is 0 Å². The summed E-state index contributed by atoms with van der Waals surface area (Å²) in [4.78, 5) is 13.6. The standard InChI is InChI=1S/C17H21ClF3NO4/c1-16(2,3)26-15(23)22-6-4-12(5-7-22)24-13-8-11(18)9-14(10-13)25-17(19,20)21/h8-10,12H,4-7H2,1-3H3. The van der Waals surface area contributed by atoms with Crippen LogP contribution < -0.4 is 9.47 Å². The van der Waals surface area contributed by atoms with Gasteiger partial charge in [-0.2, -0.15) is 0 Å². The molecule has 0 spiro atoms. The van der Waals surface area contributed by atoms with Gasteiger partial charge in [0, 0.05) is 37.0 Å². The largest absolute Gasteiger partial charge is 0.573 e. The zero-order valence-electron chi connectivity index (χ0n) is 14.7. The van der Waals surface area contributed by atoms with Crippen LogP contribution in [0.25, 0.3) is 0 Å². The Hall–Kier alpha value is -1.83. The van der Waals surface area contributed by atoms with E-state index < -0.39 is 17.7 Å². The van der Waals surface area contributed by atoms with Crippen molar-refractivity contribution in [3.05, 3.63) is 23.2 Å². The molecule has 2 rings (SSSR count). The summed E-state index contributed by atoms with van der Waals surface area (Å²) in [5, 5.41) is 0.0768. The fourth-order valence-electron chi connectivity index (χ4n) is 2.47. The number of benzene rings is 1. The van der Waals surface area contributed by atoms with Crippen LogP contribution in [0, 0.1) is 0 Å². The molecule has 0 aliphatic carbocycles. The molecule has 5 nitrogen and oxygen atoms in total. The first-order valence-electron chi connectivity index (χ1n) is 8.12. The quantitative estimate of drug-likeness (QED) is 0.721. The van der Waals surface area contributed by atoms with Crippen LogP contribution in [0.4, 0.5) is 18.0 Å². The van der Waals surface area contributed by atoms with E-state index in [1.165, 1.54) is 6.07 Å².